The Morgan fingerprint density at radius 3 is 2.54 bits per heavy atom. The van der Waals surface area contributed by atoms with Gasteiger partial charge in [0, 0.05) is 18.0 Å². The standard InChI is InChI=1S/C10H20N2O/c1-8(7-11)12-9(13)10(2)5-3-4-6-10/h8H,3-7,11H2,1-2H3,(H,12,13)/t8-/m1/s1. The Kier molecular flexibility index (Phi) is 3.31. The summed E-state index contributed by atoms with van der Waals surface area (Å²) in [6.07, 6.45) is 4.41. The number of hydrogen-bond acceptors (Lipinski definition) is 2. The van der Waals surface area contributed by atoms with E-state index in [0.717, 1.165) is 12.8 Å². The minimum atomic E-state index is -0.122. The van der Waals surface area contributed by atoms with E-state index < -0.39 is 0 Å². The topological polar surface area (TPSA) is 55.1 Å². The van der Waals surface area contributed by atoms with Gasteiger partial charge in [-0.25, -0.2) is 0 Å². The molecule has 1 atom stereocenters. The van der Waals surface area contributed by atoms with E-state index >= 15 is 0 Å². The van der Waals surface area contributed by atoms with E-state index in [-0.39, 0.29) is 17.4 Å². The van der Waals surface area contributed by atoms with Crippen LogP contribution in [0.2, 0.25) is 0 Å². The molecule has 1 fully saturated rings. The van der Waals surface area contributed by atoms with Crippen LogP contribution in [0.5, 0.6) is 0 Å². The van der Waals surface area contributed by atoms with Crippen molar-refractivity contribution in [2.75, 3.05) is 6.54 Å². The van der Waals surface area contributed by atoms with Gasteiger partial charge in [0.05, 0.1) is 0 Å². The lowest BCUT2D eigenvalue weighted by Crippen LogP contribution is -2.44. The molecule has 1 saturated carbocycles. The Labute approximate surface area is 80.1 Å². The van der Waals surface area contributed by atoms with Gasteiger partial charge < -0.3 is 11.1 Å². The smallest absolute Gasteiger partial charge is 0.226 e. The molecule has 0 unspecified atom stereocenters. The van der Waals surface area contributed by atoms with Crippen LogP contribution in [0, 0.1) is 5.41 Å². The van der Waals surface area contributed by atoms with Crippen LogP contribution in [0.3, 0.4) is 0 Å². The number of nitrogens with two attached hydrogens (primary N) is 1. The van der Waals surface area contributed by atoms with Crippen LogP contribution in [0.1, 0.15) is 39.5 Å². The second kappa shape index (κ2) is 4.09. The zero-order chi connectivity index (χ0) is 9.90. The zero-order valence-corrected chi connectivity index (χ0v) is 8.60. The molecule has 0 heterocycles. The summed E-state index contributed by atoms with van der Waals surface area (Å²) >= 11 is 0. The molecule has 3 N–H and O–H groups in total. The van der Waals surface area contributed by atoms with Crippen molar-refractivity contribution in [1.29, 1.82) is 0 Å². The van der Waals surface area contributed by atoms with Gasteiger partial charge in [-0.3, -0.25) is 4.79 Å². The first-order chi connectivity index (χ1) is 6.08. The minimum Gasteiger partial charge on any atom is -0.352 e. The lowest BCUT2D eigenvalue weighted by Gasteiger charge is -2.24. The Morgan fingerprint density at radius 2 is 2.08 bits per heavy atom. The maximum atomic E-state index is 11.8. The highest BCUT2D eigenvalue weighted by Gasteiger charge is 2.36. The predicted molar refractivity (Wildman–Crippen MR) is 53.2 cm³/mol. The van der Waals surface area contributed by atoms with E-state index in [9.17, 15) is 4.79 Å². The lowest BCUT2D eigenvalue weighted by atomic mass is 9.87. The number of nitrogens with one attached hydrogen (secondary N) is 1. The molecule has 0 radical (unpaired) electrons. The maximum Gasteiger partial charge on any atom is 0.226 e. The average Bonchev–Trinajstić information content (AvgIpc) is 2.53. The molecule has 0 bridgehead atoms. The Morgan fingerprint density at radius 1 is 1.54 bits per heavy atom. The van der Waals surface area contributed by atoms with Gasteiger partial charge in [0.25, 0.3) is 0 Å². The molecule has 0 aliphatic heterocycles. The first-order valence-electron chi connectivity index (χ1n) is 5.09. The largest absolute Gasteiger partial charge is 0.352 e. The molecule has 1 aliphatic carbocycles. The van der Waals surface area contributed by atoms with Crippen molar-refractivity contribution in [2.24, 2.45) is 11.1 Å². The van der Waals surface area contributed by atoms with Gasteiger partial charge >= 0.3 is 0 Å². The van der Waals surface area contributed by atoms with Gasteiger partial charge in [-0.15, -0.1) is 0 Å². The normalized spacial score (nSPS) is 22.7. The average molecular weight is 184 g/mol. The van der Waals surface area contributed by atoms with Crippen LogP contribution in [0.4, 0.5) is 0 Å². The van der Waals surface area contributed by atoms with E-state index in [4.69, 9.17) is 5.73 Å². The molecular formula is C10H20N2O. The van der Waals surface area contributed by atoms with Crippen LogP contribution in [-0.2, 0) is 4.79 Å². The number of hydrogen-bond donors (Lipinski definition) is 2. The summed E-state index contributed by atoms with van der Waals surface area (Å²) in [4.78, 5) is 11.8. The summed E-state index contributed by atoms with van der Waals surface area (Å²) in [5.41, 5.74) is 5.33. The van der Waals surface area contributed by atoms with Crippen molar-refractivity contribution in [1.82, 2.24) is 5.32 Å². The first kappa shape index (κ1) is 10.5. The van der Waals surface area contributed by atoms with Gasteiger partial charge in [0.15, 0.2) is 0 Å². The van der Waals surface area contributed by atoms with Crippen LogP contribution in [-0.4, -0.2) is 18.5 Å². The van der Waals surface area contributed by atoms with Crippen LogP contribution < -0.4 is 11.1 Å². The molecule has 0 aromatic heterocycles. The molecule has 76 valence electrons. The third-order valence-corrected chi connectivity index (χ3v) is 2.99. The monoisotopic (exact) mass is 184 g/mol. The summed E-state index contributed by atoms with van der Waals surface area (Å²) in [5, 5.41) is 2.95. The van der Waals surface area contributed by atoms with Gasteiger partial charge in [0.1, 0.15) is 0 Å². The Bertz CT molecular complexity index is 185. The van der Waals surface area contributed by atoms with Crippen molar-refractivity contribution in [3.8, 4) is 0 Å². The summed E-state index contributed by atoms with van der Waals surface area (Å²) < 4.78 is 0. The summed E-state index contributed by atoms with van der Waals surface area (Å²) in [6, 6.07) is 0.102. The van der Waals surface area contributed by atoms with Crippen LogP contribution >= 0.6 is 0 Å². The lowest BCUT2D eigenvalue weighted by molar-refractivity contribution is -0.130. The fourth-order valence-electron chi connectivity index (χ4n) is 1.84. The molecule has 1 rings (SSSR count). The number of carbonyl (C=O) groups excluding carboxylic acids is 1. The summed E-state index contributed by atoms with van der Waals surface area (Å²) in [7, 11) is 0. The second-order valence-corrected chi connectivity index (χ2v) is 4.38. The van der Waals surface area contributed by atoms with Crippen molar-refractivity contribution in [2.45, 2.75) is 45.6 Å². The second-order valence-electron chi connectivity index (χ2n) is 4.38. The molecule has 0 spiro atoms. The van der Waals surface area contributed by atoms with Gasteiger partial charge in [-0.1, -0.05) is 19.8 Å². The van der Waals surface area contributed by atoms with Gasteiger partial charge in [-0.05, 0) is 19.8 Å². The fraction of sp³-hybridized carbons (Fsp3) is 0.900. The highest BCUT2D eigenvalue weighted by molar-refractivity contribution is 5.82. The van der Waals surface area contributed by atoms with Crippen LogP contribution in [0.15, 0.2) is 0 Å². The van der Waals surface area contributed by atoms with Crippen molar-refractivity contribution < 1.29 is 4.79 Å². The predicted octanol–water partition coefficient (Wildman–Crippen LogP) is 1.03. The van der Waals surface area contributed by atoms with E-state index in [1.807, 2.05) is 6.92 Å². The molecule has 0 aromatic rings. The third kappa shape index (κ3) is 2.44. The molecule has 1 amide bonds. The third-order valence-electron chi connectivity index (χ3n) is 2.99. The summed E-state index contributed by atoms with van der Waals surface area (Å²) in [6.45, 7) is 4.51. The SMILES string of the molecule is C[C@H](CN)NC(=O)C1(C)CCCC1. The van der Waals surface area contributed by atoms with E-state index in [0.29, 0.717) is 6.54 Å². The van der Waals surface area contributed by atoms with Crippen molar-refractivity contribution in [3.63, 3.8) is 0 Å². The first-order valence-corrected chi connectivity index (χ1v) is 5.09. The van der Waals surface area contributed by atoms with Crippen molar-refractivity contribution >= 4 is 5.91 Å². The Hall–Kier alpha value is -0.570. The van der Waals surface area contributed by atoms with E-state index in [1.165, 1.54) is 12.8 Å². The van der Waals surface area contributed by atoms with Crippen LogP contribution in [0.25, 0.3) is 0 Å². The molecule has 13 heavy (non-hydrogen) atoms. The zero-order valence-electron chi connectivity index (χ0n) is 8.60. The molecule has 1 aliphatic rings. The highest BCUT2D eigenvalue weighted by Crippen LogP contribution is 2.37. The molecule has 0 saturated heterocycles. The van der Waals surface area contributed by atoms with Gasteiger partial charge in [-0.2, -0.15) is 0 Å². The number of carbonyl (C=O) groups is 1. The molecule has 3 nitrogen and oxygen atoms in total. The minimum absolute atomic E-state index is 0.102. The molecule has 0 aromatic carbocycles. The van der Waals surface area contributed by atoms with E-state index in [2.05, 4.69) is 12.2 Å². The van der Waals surface area contributed by atoms with Gasteiger partial charge in [0.2, 0.25) is 5.91 Å². The number of rotatable bonds is 3. The fourth-order valence-corrected chi connectivity index (χ4v) is 1.84. The highest BCUT2D eigenvalue weighted by atomic mass is 16.2. The molecule has 3 heteroatoms. The Balaban J connectivity index is 2.46. The maximum absolute atomic E-state index is 11.8. The summed E-state index contributed by atoms with van der Waals surface area (Å²) in [5.74, 6) is 0.183. The quantitative estimate of drug-likeness (QED) is 0.688. The number of amides is 1. The van der Waals surface area contributed by atoms with Crippen molar-refractivity contribution in [3.05, 3.63) is 0 Å². The van der Waals surface area contributed by atoms with E-state index in [1.54, 1.807) is 0 Å². The molecular weight excluding hydrogens is 164 g/mol.